The molecule has 29 heavy (non-hydrogen) atoms. The summed E-state index contributed by atoms with van der Waals surface area (Å²) in [5, 5.41) is 2.95. The van der Waals surface area contributed by atoms with Gasteiger partial charge in [-0.3, -0.25) is 9.59 Å². The Balaban J connectivity index is 2.14. The van der Waals surface area contributed by atoms with Crippen LogP contribution in [0, 0.1) is 0 Å². The van der Waals surface area contributed by atoms with Gasteiger partial charge >= 0.3 is 0 Å². The average molecular weight is 399 g/mol. The van der Waals surface area contributed by atoms with Crippen LogP contribution in [0.2, 0.25) is 0 Å². The highest BCUT2D eigenvalue weighted by molar-refractivity contribution is 5.88. The van der Waals surface area contributed by atoms with E-state index in [4.69, 9.17) is 9.47 Å². The highest BCUT2D eigenvalue weighted by Gasteiger charge is 2.27. The summed E-state index contributed by atoms with van der Waals surface area (Å²) in [6.07, 6.45) is 0.821. The van der Waals surface area contributed by atoms with E-state index in [0.29, 0.717) is 18.0 Å². The predicted molar refractivity (Wildman–Crippen MR) is 113 cm³/mol. The maximum atomic E-state index is 13.0. The van der Waals surface area contributed by atoms with Crippen LogP contribution in [-0.2, 0) is 16.1 Å². The number of nitrogens with one attached hydrogen (secondary N) is 1. The summed E-state index contributed by atoms with van der Waals surface area (Å²) >= 11 is 0. The standard InChI is InChI=1S/C23H30N2O4/c1-5-17(2)24-23(27)18(3)25(15-19-11-7-6-8-12-19)22(26)16-29-21-14-10-9-13-20(21)28-4/h6-14,17-18H,5,15-16H2,1-4H3,(H,24,27)/t17-,18+/m1/s1. The zero-order valence-corrected chi connectivity index (χ0v) is 17.6. The number of para-hydroxylation sites is 2. The lowest BCUT2D eigenvalue weighted by atomic mass is 10.1. The zero-order chi connectivity index (χ0) is 21.2. The third-order valence-corrected chi connectivity index (χ3v) is 4.78. The molecule has 0 aliphatic heterocycles. The van der Waals surface area contributed by atoms with Gasteiger partial charge in [0, 0.05) is 12.6 Å². The van der Waals surface area contributed by atoms with E-state index in [1.165, 1.54) is 0 Å². The molecule has 1 N–H and O–H groups in total. The fourth-order valence-electron chi connectivity index (χ4n) is 2.79. The molecule has 0 aliphatic rings. The second-order valence-corrected chi connectivity index (χ2v) is 6.94. The minimum absolute atomic E-state index is 0.0449. The van der Waals surface area contributed by atoms with Gasteiger partial charge in [-0.05, 0) is 38.0 Å². The summed E-state index contributed by atoms with van der Waals surface area (Å²) in [7, 11) is 1.55. The summed E-state index contributed by atoms with van der Waals surface area (Å²) in [6.45, 7) is 5.82. The molecule has 0 spiro atoms. The minimum Gasteiger partial charge on any atom is -0.493 e. The van der Waals surface area contributed by atoms with Crippen molar-refractivity contribution in [2.75, 3.05) is 13.7 Å². The zero-order valence-electron chi connectivity index (χ0n) is 17.6. The summed E-state index contributed by atoms with van der Waals surface area (Å²) < 4.78 is 11.0. The van der Waals surface area contributed by atoms with Crippen molar-refractivity contribution in [1.29, 1.82) is 0 Å². The molecule has 0 radical (unpaired) electrons. The van der Waals surface area contributed by atoms with Crippen molar-refractivity contribution in [3.8, 4) is 11.5 Å². The van der Waals surface area contributed by atoms with Gasteiger partial charge in [0.2, 0.25) is 5.91 Å². The molecule has 0 unspecified atom stereocenters. The molecule has 6 nitrogen and oxygen atoms in total. The fraction of sp³-hybridized carbons (Fsp3) is 0.391. The molecule has 2 aromatic carbocycles. The summed E-state index contributed by atoms with van der Waals surface area (Å²) in [6, 6.07) is 16.2. The number of carbonyl (C=O) groups excluding carboxylic acids is 2. The monoisotopic (exact) mass is 398 g/mol. The number of benzene rings is 2. The molecular formula is C23H30N2O4. The van der Waals surface area contributed by atoms with Crippen LogP contribution < -0.4 is 14.8 Å². The molecule has 0 saturated carbocycles. The first-order valence-electron chi connectivity index (χ1n) is 9.85. The van der Waals surface area contributed by atoms with Crippen LogP contribution in [-0.4, -0.2) is 42.5 Å². The van der Waals surface area contributed by atoms with E-state index < -0.39 is 6.04 Å². The van der Waals surface area contributed by atoms with Gasteiger partial charge in [0.25, 0.3) is 5.91 Å². The number of hydrogen-bond acceptors (Lipinski definition) is 4. The number of rotatable bonds is 10. The quantitative estimate of drug-likeness (QED) is 0.666. The highest BCUT2D eigenvalue weighted by Crippen LogP contribution is 2.25. The number of nitrogens with zero attached hydrogens (tertiary/aromatic N) is 1. The maximum Gasteiger partial charge on any atom is 0.261 e. The molecule has 0 fully saturated rings. The molecule has 0 aliphatic carbocycles. The number of ether oxygens (including phenoxy) is 2. The molecule has 2 aromatic rings. The number of carbonyl (C=O) groups is 2. The van der Waals surface area contributed by atoms with Gasteiger partial charge in [-0.1, -0.05) is 49.4 Å². The molecule has 2 rings (SSSR count). The van der Waals surface area contributed by atoms with E-state index in [1.54, 1.807) is 31.1 Å². The number of hydrogen-bond donors (Lipinski definition) is 1. The summed E-state index contributed by atoms with van der Waals surface area (Å²) in [5.41, 5.74) is 0.946. The normalized spacial score (nSPS) is 12.6. The predicted octanol–water partition coefficient (Wildman–Crippen LogP) is 3.41. The molecule has 0 aromatic heterocycles. The van der Waals surface area contributed by atoms with Crippen LogP contribution in [0.1, 0.15) is 32.8 Å². The van der Waals surface area contributed by atoms with Gasteiger partial charge in [0.1, 0.15) is 6.04 Å². The Labute approximate surface area is 172 Å². The van der Waals surface area contributed by atoms with Crippen molar-refractivity contribution >= 4 is 11.8 Å². The Hall–Kier alpha value is -3.02. The van der Waals surface area contributed by atoms with Gasteiger partial charge in [-0.15, -0.1) is 0 Å². The Bertz CT molecular complexity index is 794. The van der Waals surface area contributed by atoms with E-state index in [1.807, 2.05) is 56.3 Å². The van der Waals surface area contributed by atoms with Crippen LogP contribution in [0.4, 0.5) is 0 Å². The van der Waals surface area contributed by atoms with E-state index in [0.717, 1.165) is 12.0 Å². The van der Waals surface area contributed by atoms with E-state index in [9.17, 15) is 9.59 Å². The van der Waals surface area contributed by atoms with Crippen molar-refractivity contribution in [1.82, 2.24) is 10.2 Å². The molecular weight excluding hydrogens is 368 g/mol. The van der Waals surface area contributed by atoms with Crippen LogP contribution in [0.25, 0.3) is 0 Å². The third kappa shape index (κ3) is 6.52. The first-order chi connectivity index (χ1) is 14.0. The van der Waals surface area contributed by atoms with E-state index >= 15 is 0 Å². The van der Waals surface area contributed by atoms with Crippen LogP contribution >= 0.6 is 0 Å². The second kappa shape index (κ2) is 11.1. The van der Waals surface area contributed by atoms with Gasteiger partial charge in [-0.2, -0.15) is 0 Å². The van der Waals surface area contributed by atoms with Gasteiger partial charge in [0.05, 0.1) is 7.11 Å². The Kier molecular flexibility index (Phi) is 8.52. The average Bonchev–Trinajstić information content (AvgIpc) is 2.76. The van der Waals surface area contributed by atoms with Crippen LogP contribution in [0.3, 0.4) is 0 Å². The minimum atomic E-state index is -0.627. The van der Waals surface area contributed by atoms with Crippen molar-refractivity contribution in [2.45, 2.75) is 45.8 Å². The van der Waals surface area contributed by atoms with Gasteiger partial charge in [-0.25, -0.2) is 0 Å². The lowest BCUT2D eigenvalue weighted by molar-refractivity contribution is -0.142. The van der Waals surface area contributed by atoms with Crippen molar-refractivity contribution in [2.24, 2.45) is 0 Å². The molecule has 0 heterocycles. The van der Waals surface area contributed by atoms with E-state index in [2.05, 4.69) is 5.32 Å². The molecule has 0 saturated heterocycles. The third-order valence-electron chi connectivity index (χ3n) is 4.78. The van der Waals surface area contributed by atoms with Gasteiger partial charge in [0.15, 0.2) is 18.1 Å². The molecule has 2 atom stereocenters. The summed E-state index contributed by atoms with van der Waals surface area (Å²) in [5.74, 6) is 0.588. The SMILES string of the molecule is CC[C@@H](C)NC(=O)[C@H](C)N(Cc1ccccc1)C(=O)COc1ccccc1OC. The topological polar surface area (TPSA) is 67.9 Å². The largest absolute Gasteiger partial charge is 0.493 e. The molecule has 0 bridgehead atoms. The van der Waals surface area contributed by atoms with Crippen molar-refractivity contribution in [3.05, 3.63) is 60.2 Å². The van der Waals surface area contributed by atoms with Crippen LogP contribution in [0.15, 0.2) is 54.6 Å². The number of methoxy groups -OCH3 is 1. The second-order valence-electron chi connectivity index (χ2n) is 6.94. The Morgan fingerprint density at radius 1 is 1.00 bits per heavy atom. The summed E-state index contributed by atoms with van der Waals surface area (Å²) in [4.78, 5) is 27.2. The fourth-order valence-corrected chi connectivity index (χ4v) is 2.79. The van der Waals surface area contributed by atoms with E-state index in [-0.39, 0.29) is 24.5 Å². The molecule has 6 heteroatoms. The van der Waals surface area contributed by atoms with Gasteiger partial charge < -0.3 is 19.7 Å². The Morgan fingerprint density at radius 3 is 2.24 bits per heavy atom. The van der Waals surface area contributed by atoms with Crippen molar-refractivity contribution in [3.63, 3.8) is 0 Å². The number of amides is 2. The lowest BCUT2D eigenvalue weighted by Gasteiger charge is -2.29. The maximum absolute atomic E-state index is 13.0. The highest BCUT2D eigenvalue weighted by atomic mass is 16.5. The first kappa shape index (κ1) is 22.3. The Morgan fingerprint density at radius 2 is 1.62 bits per heavy atom. The smallest absolute Gasteiger partial charge is 0.261 e. The lowest BCUT2D eigenvalue weighted by Crippen LogP contribution is -2.50. The van der Waals surface area contributed by atoms with Crippen molar-refractivity contribution < 1.29 is 19.1 Å². The molecule has 156 valence electrons. The van der Waals surface area contributed by atoms with Crippen LogP contribution in [0.5, 0.6) is 11.5 Å². The molecule has 2 amide bonds. The first-order valence-corrected chi connectivity index (χ1v) is 9.85.